The van der Waals surface area contributed by atoms with E-state index < -0.39 is 6.04 Å². The molecule has 3 rings (SSSR count). The van der Waals surface area contributed by atoms with Crippen LogP contribution < -0.4 is 20.3 Å². The van der Waals surface area contributed by atoms with Crippen LogP contribution >= 0.6 is 11.5 Å². The number of aromatic nitrogens is 1. The first-order valence-corrected chi connectivity index (χ1v) is 9.41. The van der Waals surface area contributed by atoms with Crippen molar-refractivity contribution in [1.29, 1.82) is 0 Å². The molecule has 0 saturated carbocycles. The molecule has 27 heavy (non-hydrogen) atoms. The first-order chi connectivity index (χ1) is 13.0. The summed E-state index contributed by atoms with van der Waals surface area (Å²) in [5.74, 6) is 1.26. The predicted molar refractivity (Wildman–Crippen MR) is 107 cm³/mol. The Labute approximate surface area is 161 Å². The molecule has 2 aromatic carbocycles. The van der Waals surface area contributed by atoms with E-state index in [4.69, 9.17) is 9.47 Å². The fraction of sp³-hybridized carbons (Fsp3) is 0.300. The molecule has 0 unspecified atom stereocenters. The maximum absolute atomic E-state index is 12.5. The van der Waals surface area contributed by atoms with Gasteiger partial charge in [0.05, 0.1) is 24.3 Å². The third-order valence-corrected chi connectivity index (χ3v) is 5.66. The zero-order valence-corrected chi connectivity index (χ0v) is 16.3. The molecule has 0 fully saturated rings. The van der Waals surface area contributed by atoms with Crippen LogP contribution in [-0.4, -0.2) is 30.6 Å². The van der Waals surface area contributed by atoms with Gasteiger partial charge >= 0.3 is 0 Å². The minimum atomic E-state index is -0.562. The molecule has 142 valence electrons. The number of benzene rings is 2. The van der Waals surface area contributed by atoms with Gasteiger partial charge in [0.15, 0.2) is 0 Å². The van der Waals surface area contributed by atoms with Crippen LogP contribution in [0.2, 0.25) is 0 Å². The summed E-state index contributed by atoms with van der Waals surface area (Å²) in [6, 6.07) is 12.4. The third kappa shape index (κ3) is 3.98. The normalized spacial score (nSPS) is 12.0. The Kier molecular flexibility index (Phi) is 5.81. The van der Waals surface area contributed by atoms with E-state index in [0.29, 0.717) is 18.4 Å². The standard InChI is InChI=1S/C20H22N2O4S/c1-13(22-20(24)16-6-4-5-7-18(16)27-22)19(23)21-11-10-14-8-9-15(25-2)12-17(14)26-3/h4-9,12-13H,10-11H2,1-3H3,(H,21,23)/t13-/m1/s1. The number of carbonyl (C=O) groups excluding carboxylic acids is 1. The van der Waals surface area contributed by atoms with Crippen LogP contribution in [0.3, 0.4) is 0 Å². The maximum atomic E-state index is 12.5. The first-order valence-electron chi connectivity index (χ1n) is 8.64. The highest BCUT2D eigenvalue weighted by atomic mass is 32.1. The minimum absolute atomic E-state index is 0.130. The summed E-state index contributed by atoms with van der Waals surface area (Å²) in [6.07, 6.45) is 0.618. The van der Waals surface area contributed by atoms with Crippen molar-refractivity contribution in [1.82, 2.24) is 9.27 Å². The van der Waals surface area contributed by atoms with Crippen LogP contribution in [0.4, 0.5) is 0 Å². The van der Waals surface area contributed by atoms with E-state index in [1.54, 1.807) is 27.2 Å². The molecule has 3 aromatic rings. The van der Waals surface area contributed by atoms with Gasteiger partial charge in [0.25, 0.3) is 5.56 Å². The van der Waals surface area contributed by atoms with Gasteiger partial charge in [0.1, 0.15) is 17.5 Å². The molecule has 1 atom stereocenters. The molecular weight excluding hydrogens is 364 g/mol. The Balaban J connectivity index is 1.65. The number of rotatable bonds is 7. The van der Waals surface area contributed by atoms with E-state index in [9.17, 15) is 9.59 Å². The number of hydrogen-bond acceptors (Lipinski definition) is 5. The van der Waals surface area contributed by atoms with Crippen molar-refractivity contribution in [3.05, 3.63) is 58.4 Å². The van der Waals surface area contributed by atoms with Gasteiger partial charge in [-0.3, -0.25) is 13.5 Å². The average molecular weight is 386 g/mol. The third-order valence-electron chi connectivity index (χ3n) is 4.43. The maximum Gasteiger partial charge on any atom is 0.269 e. The SMILES string of the molecule is COc1ccc(CCNC(=O)[C@@H](C)n2sc3ccccc3c2=O)c(OC)c1. The molecule has 1 heterocycles. The average Bonchev–Trinajstić information content (AvgIpc) is 3.04. The summed E-state index contributed by atoms with van der Waals surface area (Å²) in [7, 11) is 3.21. The molecular formula is C20H22N2O4S. The summed E-state index contributed by atoms with van der Waals surface area (Å²) >= 11 is 1.31. The number of nitrogens with zero attached hydrogens (tertiary/aromatic N) is 1. The lowest BCUT2D eigenvalue weighted by molar-refractivity contribution is -0.123. The van der Waals surface area contributed by atoms with E-state index in [1.807, 2.05) is 36.4 Å². The van der Waals surface area contributed by atoms with Gasteiger partial charge in [0.2, 0.25) is 5.91 Å². The van der Waals surface area contributed by atoms with Crippen LogP contribution in [-0.2, 0) is 11.2 Å². The number of amides is 1. The molecule has 0 aliphatic rings. The molecule has 1 N–H and O–H groups in total. The van der Waals surface area contributed by atoms with Crippen molar-refractivity contribution in [2.24, 2.45) is 0 Å². The smallest absolute Gasteiger partial charge is 0.269 e. The molecule has 0 bridgehead atoms. The van der Waals surface area contributed by atoms with Crippen molar-refractivity contribution >= 4 is 27.5 Å². The second-order valence-electron chi connectivity index (χ2n) is 6.11. The lowest BCUT2D eigenvalue weighted by atomic mass is 10.1. The molecule has 6 nitrogen and oxygen atoms in total. The van der Waals surface area contributed by atoms with Crippen molar-refractivity contribution in [3.63, 3.8) is 0 Å². The highest BCUT2D eigenvalue weighted by Crippen LogP contribution is 2.25. The monoisotopic (exact) mass is 386 g/mol. The van der Waals surface area contributed by atoms with Gasteiger partial charge in [-0.05, 0) is 37.1 Å². The molecule has 1 aromatic heterocycles. The van der Waals surface area contributed by atoms with E-state index in [0.717, 1.165) is 21.8 Å². The predicted octanol–water partition coefficient (Wildman–Crippen LogP) is 3.00. The Morgan fingerprint density at radius 2 is 1.96 bits per heavy atom. The van der Waals surface area contributed by atoms with Crippen LogP contribution in [0.5, 0.6) is 11.5 Å². The molecule has 0 aliphatic carbocycles. The fourth-order valence-electron chi connectivity index (χ4n) is 2.88. The van der Waals surface area contributed by atoms with Gasteiger partial charge in [-0.1, -0.05) is 29.7 Å². The summed E-state index contributed by atoms with van der Waals surface area (Å²) < 4.78 is 13.0. The van der Waals surface area contributed by atoms with Gasteiger partial charge in [0, 0.05) is 12.6 Å². The molecule has 7 heteroatoms. The fourth-order valence-corrected chi connectivity index (χ4v) is 3.92. The minimum Gasteiger partial charge on any atom is -0.497 e. The highest BCUT2D eigenvalue weighted by Gasteiger charge is 2.19. The molecule has 0 saturated heterocycles. The number of ether oxygens (including phenoxy) is 2. The van der Waals surface area contributed by atoms with Crippen LogP contribution in [0.25, 0.3) is 10.1 Å². The van der Waals surface area contributed by atoms with E-state index in [2.05, 4.69) is 5.32 Å². The topological polar surface area (TPSA) is 69.6 Å². The Hall–Kier alpha value is -2.80. The molecule has 0 spiro atoms. The van der Waals surface area contributed by atoms with Crippen LogP contribution in [0, 0.1) is 0 Å². The number of fused-ring (bicyclic) bond motifs is 1. The number of nitrogens with one attached hydrogen (secondary N) is 1. The zero-order chi connectivity index (χ0) is 19.4. The van der Waals surface area contributed by atoms with E-state index in [1.165, 1.54) is 15.5 Å². The Morgan fingerprint density at radius 3 is 2.67 bits per heavy atom. The van der Waals surface area contributed by atoms with E-state index >= 15 is 0 Å². The van der Waals surface area contributed by atoms with Crippen LogP contribution in [0.1, 0.15) is 18.5 Å². The lowest BCUT2D eigenvalue weighted by Gasteiger charge is -2.14. The lowest BCUT2D eigenvalue weighted by Crippen LogP contribution is -2.34. The van der Waals surface area contributed by atoms with E-state index in [-0.39, 0.29) is 11.5 Å². The van der Waals surface area contributed by atoms with Crippen molar-refractivity contribution < 1.29 is 14.3 Å². The van der Waals surface area contributed by atoms with Gasteiger partial charge in [-0.2, -0.15) is 0 Å². The first kappa shape index (κ1) is 19.0. The van der Waals surface area contributed by atoms with Crippen molar-refractivity contribution in [2.45, 2.75) is 19.4 Å². The summed E-state index contributed by atoms with van der Waals surface area (Å²) in [5.41, 5.74) is 0.848. The summed E-state index contributed by atoms with van der Waals surface area (Å²) in [4.78, 5) is 25.0. The Morgan fingerprint density at radius 1 is 1.19 bits per heavy atom. The second-order valence-corrected chi connectivity index (χ2v) is 7.13. The Bertz CT molecular complexity index is 1010. The van der Waals surface area contributed by atoms with Crippen molar-refractivity contribution in [2.75, 3.05) is 20.8 Å². The van der Waals surface area contributed by atoms with Gasteiger partial charge in [-0.25, -0.2) is 0 Å². The zero-order valence-electron chi connectivity index (χ0n) is 15.5. The van der Waals surface area contributed by atoms with Gasteiger partial charge in [-0.15, -0.1) is 0 Å². The van der Waals surface area contributed by atoms with Crippen molar-refractivity contribution in [3.8, 4) is 11.5 Å². The molecule has 0 aliphatic heterocycles. The number of carbonyl (C=O) groups is 1. The van der Waals surface area contributed by atoms with Gasteiger partial charge < -0.3 is 14.8 Å². The number of hydrogen-bond donors (Lipinski definition) is 1. The highest BCUT2D eigenvalue weighted by molar-refractivity contribution is 7.14. The molecule has 0 radical (unpaired) electrons. The second kappa shape index (κ2) is 8.26. The summed E-state index contributed by atoms with van der Waals surface area (Å²) in [6.45, 7) is 2.19. The summed E-state index contributed by atoms with van der Waals surface area (Å²) in [5, 5.41) is 3.55. The quantitative estimate of drug-likeness (QED) is 0.678. The van der Waals surface area contributed by atoms with Crippen LogP contribution in [0.15, 0.2) is 47.3 Å². The largest absolute Gasteiger partial charge is 0.497 e. The molecule has 1 amide bonds. The number of methoxy groups -OCH3 is 2.